The zero-order valence-corrected chi connectivity index (χ0v) is 8.31. The van der Waals surface area contributed by atoms with Crippen LogP contribution in [0.3, 0.4) is 0 Å². The Hall–Kier alpha value is 0.0600. The van der Waals surface area contributed by atoms with Crippen LogP contribution in [0.4, 0.5) is 0 Å². The smallest absolute Gasteiger partial charge is 0.161 e. The lowest BCUT2D eigenvalue weighted by Gasteiger charge is -1.99. The Labute approximate surface area is 69.9 Å². The summed E-state index contributed by atoms with van der Waals surface area (Å²) in [4.78, 5) is 8.82. The van der Waals surface area contributed by atoms with Gasteiger partial charge >= 0.3 is 8.03 Å². The number of rotatable bonds is 6. The SMILES string of the molecule is CCCCCC(CC)[P+](=O)O. The summed E-state index contributed by atoms with van der Waals surface area (Å²) in [5.74, 6) is 0. The van der Waals surface area contributed by atoms with E-state index in [1.165, 1.54) is 12.8 Å². The minimum absolute atomic E-state index is 0.0385. The van der Waals surface area contributed by atoms with Crippen molar-refractivity contribution in [3.05, 3.63) is 0 Å². The van der Waals surface area contributed by atoms with Crippen molar-refractivity contribution in [2.45, 2.75) is 51.6 Å². The van der Waals surface area contributed by atoms with E-state index in [0.29, 0.717) is 0 Å². The Bertz CT molecular complexity index is 115. The van der Waals surface area contributed by atoms with E-state index in [-0.39, 0.29) is 5.66 Å². The lowest BCUT2D eigenvalue weighted by Crippen LogP contribution is -1.99. The first-order valence-corrected chi connectivity index (χ1v) is 5.65. The molecule has 0 spiro atoms. The highest BCUT2D eigenvalue weighted by atomic mass is 31.1. The Kier molecular flexibility index (Phi) is 6.79. The molecule has 0 aromatic carbocycles. The van der Waals surface area contributed by atoms with Gasteiger partial charge in [-0.3, -0.25) is 0 Å². The van der Waals surface area contributed by atoms with Crippen LogP contribution in [0.2, 0.25) is 0 Å². The fraction of sp³-hybridized carbons (Fsp3) is 1.00. The monoisotopic (exact) mass is 177 g/mol. The summed E-state index contributed by atoms with van der Waals surface area (Å²) in [7, 11) is -1.93. The minimum atomic E-state index is -1.93. The van der Waals surface area contributed by atoms with Crippen molar-refractivity contribution in [1.82, 2.24) is 0 Å². The van der Waals surface area contributed by atoms with Crippen LogP contribution >= 0.6 is 8.03 Å². The van der Waals surface area contributed by atoms with Crippen LogP contribution < -0.4 is 0 Å². The second kappa shape index (κ2) is 6.75. The molecule has 3 heteroatoms. The van der Waals surface area contributed by atoms with Gasteiger partial charge in [0.1, 0.15) is 0 Å². The maximum atomic E-state index is 10.7. The molecule has 0 heterocycles. The van der Waals surface area contributed by atoms with Crippen LogP contribution in [0.25, 0.3) is 0 Å². The summed E-state index contributed by atoms with van der Waals surface area (Å²) in [5, 5.41) is 0. The molecule has 0 saturated heterocycles. The number of hydrogen-bond donors (Lipinski definition) is 1. The molecule has 2 unspecified atom stereocenters. The molecular formula is C8H18O2P+. The molecule has 0 aromatic heterocycles. The van der Waals surface area contributed by atoms with Gasteiger partial charge in [-0.25, -0.2) is 0 Å². The van der Waals surface area contributed by atoms with Crippen molar-refractivity contribution < 1.29 is 9.46 Å². The van der Waals surface area contributed by atoms with Gasteiger partial charge in [0.05, 0.1) is 0 Å². The van der Waals surface area contributed by atoms with Crippen molar-refractivity contribution >= 4 is 8.03 Å². The third kappa shape index (κ3) is 5.34. The predicted molar refractivity (Wildman–Crippen MR) is 48.0 cm³/mol. The van der Waals surface area contributed by atoms with E-state index in [1.807, 2.05) is 6.92 Å². The molecule has 0 aliphatic carbocycles. The van der Waals surface area contributed by atoms with Crippen molar-refractivity contribution in [3.8, 4) is 0 Å². The van der Waals surface area contributed by atoms with Gasteiger partial charge in [0.25, 0.3) is 0 Å². The highest BCUT2D eigenvalue weighted by Gasteiger charge is 2.25. The normalized spacial score (nSPS) is 14.6. The summed E-state index contributed by atoms with van der Waals surface area (Å²) in [6.07, 6.45) is 5.19. The van der Waals surface area contributed by atoms with Gasteiger partial charge in [-0.1, -0.05) is 26.7 Å². The molecule has 0 aromatic rings. The molecule has 0 radical (unpaired) electrons. The molecule has 0 rings (SSSR count). The van der Waals surface area contributed by atoms with E-state index in [2.05, 4.69) is 6.92 Å². The highest BCUT2D eigenvalue weighted by molar-refractivity contribution is 7.38. The third-order valence-electron chi connectivity index (χ3n) is 1.92. The molecule has 11 heavy (non-hydrogen) atoms. The van der Waals surface area contributed by atoms with Crippen LogP contribution in [0, 0.1) is 0 Å². The molecule has 2 atom stereocenters. The average molecular weight is 177 g/mol. The van der Waals surface area contributed by atoms with E-state index >= 15 is 0 Å². The van der Waals surface area contributed by atoms with E-state index in [4.69, 9.17) is 4.89 Å². The second-order valence-electron chi connectivity index (χ2n) is 2.86. The maximum absolute atomic E-state index is 10.7. The number of hydrogen-bond acceptors (Lipinski definition) is 1. The van der Waals surface area contributed by atoms with Crippen molar-refractivity contribution in [1.29, 1.82) is 0 Å². The van der Waals surface area contributed by atoms with E-state index in [9.17, 15) is 4.57 Å². The lowest BCUT2D eigenvalue weighted by atomic mass is 10.1. The summed E-state index contributed by atoms with van der Waals surface area (Å²) < 4.78 is 10.7. The zero-order valence-electron chi connectivity index (χ0n) is 7.42. The Morgan fingerprint density at radius 2 is 2.00 bits per heavy atom. The number of unbranched alkanes of at least 4 members (excludes halogenated alkanes) is 2. The Morgan fingerprint density at radius 1 is 1.36 bits per heavy atom. The largest absolute Gasteiger partial charge is 0.508 e. The third-order valence-corrected chi connectivity index (χ3v) is 3.17. The standard InChI is InChI=1S/C8H17O2P/c1-3-5-6-7-8(4-2)11(9)10/h8H,3-7H2,1-2H3/p+1. The molecule has 1 N–H and O–H groups in total. The molecule has 0 aliphatic heterocycles. The van der Waals surface area contributed by atoms with E-state index < -0.39 is 8.03 Å². The van der Waals surface area contributed by atoms with E-state index in [0.717, 1.165) is 19.3 Å². The molecule has 2 nitrogen and oxygen atoms in total. The molecule has 0 amide bonds. The van der Waals surface area contributed by atoms with Crippen LogP contribution in [-0.2, 0) is 4.57 Å². The summed E-state index contributed by atoms with van der Waals surface area (Å²) in [5.41, 5.74) is 0.0385. The lowest BCUT2D eigenvalue weighted by molar-refractivity contribution is 0.475. The zero-order chi connectivity index (χ0) is 8.69. The first-order valence-electron chi connectivity index (χ1n) is 4.37. The summed E-state index contributed by atoms with van der Waals surface area (Å²) >= 11 is 0. The molecule has 0 saturated carbocycles. The van der Waals surface area contributed by atoms with Gasteiger partial charge in [-0.15, -0.1) is 0 Å². The van der Waals surface area contributed by atoms with Crippen molar-refractivity contribution in [3.63, 3.8) is 0 Å². The summed E-state index contributed by atoms with van der Waals surface area (Å²) in [6.45, 7) is 4.11. The topological polar surface area (TPSA) is 37.3 Å². The molecule has 0 bridgehead atoms. The minimum Gasteiger partial charge on any atom is -0.161 e. The van der Waals surface area contributed by atoms with Crippen LogP contribution in [0.1, 0.15) is 46.0 Å². The van der Waals surface area contributed by atoms with Gasteiger partial charge in [-0.2, -0.15) is 4.89 Å². The average Bonchev–Trinajstić information content (AvgIpc) is 1.97. The van der Waals surface area contributed by atoms with Gasteiger partial charge in [0.2, 0.25) is 0 Å². The van der Waals surface area contributed by atoms with E-state index in [1.54, 1.807) is 0 Å². The predicted octanol–water partition coefficient (Wildman–Crippen LogP) is 3.08. The molecule has 0 fully saturated rings. The fourth-order valence-electron chi connectivity index (χ4n) is 1.10. The van der Waals surface area contributed by atoms with Gasteiger partial charge in [-0.05, 0) is 23.8 Å². The Morgan fingerprint density at radius 3 is 2.36 bits per heavy atom. The van der Waals surface area contributed by atoms with Gasteiger partial charge < -0.3 is 0 Å². The van der Waals surface area contributed by atoms with Crippen LogP contribution in [0.5, 0.6) is 0 Å². The quantitative estimate of drug-likeness (QED) is 0.500. The van der Waals surface area contributed by atoms with Crippen molar-refractivity contribution in [2.24, 2.45) is 0 Å². The Balaban J connectivity index is 3.44. The highest BCUT2D eigenvalue weighted by Crippen LogP contribution is 2.29. The first kappa shape index (κ1) is 11.1. The molecular weight excluding hydrogens is 159 g/mol. The second-order valence-corrected chi connectivity index (χ2v) is 4.20. The van der Waals surface area contributed by atoms with Crippen LogP contribution in [-0.4, -0.2) is 10.6 Å². The maximum Gasteiger partial charge on any atom is 0.508 e. The van der Waals surface area contributed by atoms with Gasteiger partial charge in [0.15, 0.2) is 5.66 Å². The van der Waals surface area contributed by atoms with Crippen LogP contribution in [0.15, 0.2) is 0 Å². The van der Waals surface area contributed by atoms with Gasteiger partial charge in [0, 0.05) is 0 Å². The van der Waals surface area contributed by atoms with Crippen molar-refractivity contribution in [2.75, 3.05) is 0 Å². The summed E-state index contributed by atoms with van der Waals surface area (Å²) in [6, 6.07) is 0. The fourth-order valence-corrected chi connectivity index (χ4v) is 1.82. The first-order chi connectivity index (χ1) is 5.22. The molecule has 0 aliphatic rings. The molecule has 66 valence electrons.